The Morgan fingerprint density at radius 1 is 1.32 bits per heavy atom. The standard InChI is InChI=1S/C18H24N2O5/c1-18(2,17-23-8-9-24-17)6-3-7-19-16(22)12-4-5-13-14(10-12)25-11-15(21)20-13/h4-5,10,17H,3,6-9,11H2,1-2H3,(H,19,22)(H,20,21). The Morgan fingerprint density at radius 2 is 2.08 bits per heavy atom. The quantitative estimate of drug-likeness (QED) is 0.767. The number of hydrogen-bond donors (Lipinski definition) is 2. The Balaban J connectivity index is 1.47. The van der Waals surface area contributed by atoms with Crippen molar-refractivity contribution in [2.45, 2.75) is 33.0 Å². The maximum Gasteiger partial charge on any atom is 0.262 e. The van der Waals surface area contributed by atoms with E-state index in [-0.39, 0.29) is 30.1 Å². The molecule has 1 aromatic carbocycles. The van der Waals surface area contributed by atoms with Gasteiger partial charge in [-0.2, -0.15) is 0 Å². The van der Waals surface area contributed by atoms with E-state index in [0.717, 1.165) is 12.8 Å². The van der Waals surface area contributed by atoms with Crippen LogP contribution in [0.25, 0.3) is 0 Å². The lowest BCUT2D eigenvalue weighted by molar-refractivity contribution is -0.122. The van der Waals surface area contributed by atoms with Crippen LogP contribution in [-0.2, 0) is 14.3 Å². The second kappa shape index (κ2) is 7.41. The van der Waals surface area contributed by atoms with Gasteiger partial charge in [-0.05, 0) is 31.0 Å². The summed E-state index contributed by atoms with van der Waals surface area (Å²) in [7, 11) is 0. The third-order valence-corrected chi connectivity index (χ3v) is 4.42. The minimum absolute atomic E-state index is 0.0293. The van der Waals surface area contributed by atoms with Crippen LogP contribution in [0.3, 0.4) is 0 Å². The van der Waals surface area contributed by atoms with E-state index in [9.17, 15) is 9.59 Å². The van der Waals surface area contributed by atoms with Crippen LogP contribution >= 0.6 is 0 Å². The first-order chi connectivity index (χ1) is 12.0. The van der Waals surface area contributed by atoms with E-state index >= 15 is 0 Å². The molecule has 0 spiro atoms. The van der Waals surface area contributed by atoms with Crippen molar-refractivity contribution in [3.63, 3.8) is 0 Å². The number of anilines is 1. The molecule has 3 rings (SSSR count). The molecule has 136 valence electrons. The number of benzene rings is 1. The highest BCUT2D eigenvalue weighted by molar-refractivity contribution is 5.98. The first-order valence-electron chi connectivity index (χ1n) is 8.54. The number of carbonyl (C=O) groups excluding carboxylic acids is 2. The summed E-state index contributed by atoms with van der Waals surface area (Å²) in [6, 6.07) is 5.00. The Bertz CT molecular complexity index is 653. The molecule has 0 unspecified atom stereocenters. The summed E-state index contributed by atoms with van der Waals surface area (Å²) >= 11 is 0. The van der Waals surface area contributed by atoms with Crippen LogP contribution in [0.5, 0.6) is 5.75 Å². The average molecular weight is 348 g/mol. The van der Waals surface area contributed by atoms with E-state index < -0.39 is 0 Å². The van der Waals surface area contributed by atoms with Gasteiger partial charge < -0.3 is 24.8 Å². The molecule has 1 saturated heterocycles. The van der Waals surface area contributed by atoms with Gasteiger partial charge in [0.2, 0.25) is 0 Å². The lowest BCUT2D eigenvalue weighted by atomic mass is 9.87. The minimum atomic E-state index is -0.192. The Morgan fingerprint density at radius 3 is 2.84 bits per heavy atom. The van der Waals surface area contributed by atoms with Crippen molar-refractivity contribution in [2.75, 3.05) is 31.7 Å². The van der Waals surface area contributed by atoms with Crippen LogP contribution in [0.2, 0.25) is 0 Å². The average Bonchev–Trinajstić information content (AvgIpc) is 3.13. The first kappa shape index (κ1) is 17.7. The van der Waals surface area contributed by atoms with Crippen LogP contribution in [0.15, 0.2) is 18.2 Å². The van der Waals surface area contributed by atoms with E-state index in [1.807, 2.05) is 0 Å². The molecule has 0 radical (unpaired) electrons. The van der Waals surface area contributed by atoms with Crippen molar-refractivity contribution in [3.05, 3.63) is 23.8 Å². The number of fused-ring (bicyclic) bond motifs is 1. The molecule has 1 fully saturated rings. The lowest BCUT2D eigenvalue weighted by Gasteiger charge is -2.29. The molecule has 7 heteroatoms. The Kier molecular flexibility index (Phi) is 5.24. The number of amides is 2. The molecule has 25 heavy (non-hydrogen) atoms. The predicted octanol–water partition coefficient (Wildman–Crippen LogP) is 1.93. The van der Waals surface area contributed by atoms with Gasteiger partial charge in [-0.25, -0.2) is 0 Å². The fourth-order valence-electron chi connectivity index (χ4n) is 2.99. The molecule has 0 saturated carbocycles. The number of carbonyl (C=O) groups is 2. The van der Waals surface area contributed by atoms with Gasteiger partial charge in [-0.15, -0.1) is 0 Å². The fourth-order valence-corrected chi connectivity index (χ4v) is 2.99. The van der Waals surface area contributed by atoms with Gasteiger partial charge in [0.25, 0.3) is 11.8 Å². The molecular weight excluding hydrogens is 324 g/mol. The molecule has 2 aliphatic rings. The summed E-state index contributed by atoms with van der Waals surface area (Å²) < 4.78 is 16.5. The molecule has 2 aliphatic heterocycles. The summed E-state index contributed by atoms with van der Waals surface area (Å²) in [6.07, 6.45) is 1.55. The van der Waals surface area contributed by atoms with Gasteiger partial charge in [0, 0.05) is 17.5 Å². The summed E-state index contributed by atoms with van der Waals surface area (Å²) in [5.74, 6) is 0.168. The highest BCUT2D eigenvalue weighted by Crippen LogP contribution is 2.32. The van der Waals surface area contributed by atoms with E-state index in [0.29, 0.717) is 36.8 Å². The third-order valence-electron chi connectivity index (χ3n) is 4.42. The van der Waals surface area contributed by atoms with Crippen molar-refractivity contribution in [1.29, 1.82) is 0 Å². The van der Waals surface area contributed by atoms with Gasteiger partial charge in [-0.1, -0.05) is 13.8 Å². The van der Waals surface area contributed by atoms with Crippen molar-refractivity contribution >= 4 is 17.5 Å². The highest BCUT2D eigenvalue weighted by Gasteiger charge is 2.33. The summed E-state index contributed by atoms with van der Waals surface area (Å²) in [5.41, 5.74) is 1.02. The van der Waals surface area contributed by atoms with Crippen molar-refractivity contribution in [3.8, 4) is 5.75 Å². The smallest absolute Gasteiger partial charge is 0.262 e. The van der Waals surface area contributed by atoms with Crippen LogP contribution in [0, 0.1) is 5.41 Å². The second-order valence-corrected chi connectivity index (χ2v) is 6.97. The van der Waals surface area contributed by atoms with E-state index in [4.69, 9.17) is 14.2 Å². The summed E-state index contributed by atoms with van der Waals surface area (Å²) in [4.78, 5) is 23.5. The minimum Gasteiger partial charge on any atom is -0.482 e. The Hall–Kier alpha value is -2.12. The highest BCUT2D eigenvalue weighted by atomic mass is 16.7. The number of ether oxygens (including phenoxy) is 3. The van der Waals surface area contributed by atoms with E-state index in [1.165, 1.54) is 0 Å². The zero-order chi connectivity index (χ0) is 17.9. The SMILES string of the molecule is CC(C)(CCCNC(=O)c1ccc2c(c1)OCC(=O)N2)C1OCCO1. The molecule has 7 nitrogen and oxygen atoms in total. The molecule has 0 aliphatic carbocycles. The normalized spacial score (nSPS) is 17.6. The number of hydrogen-bond acceptors (Lipinski definition) is 5. The summed E-state index contributed by atoms with van der Waals surface area (Å²) in [6.45, 7) is 6.05. The van der Waals surface area contributed by atoms with Crippen LogP contribution < -0.4 is 15.4 Å². The van der Waals surface area contributed by atoms with E-state index in [2.05, 4.69) is 24.5 Å². The second-order valence-electron chi connectivity index (χ2n) is 6.97. The maximum absolute atomic E-state index is 12.3. The Labute approximate surface area is 147 Å². The van der Waals surface area contributed by atoms with Gasteiger partial charge in [-0.3, -0.25) is 9.59 Å². The molecular formula is C18H24N2O5. The monoisotopic (exact) mass is 348 g/mol. The first-order valence-corrected chi connectivity index (χ1v) is 8.54. The zero-order valence-electron chi connectivity index (χ0n) is 14.6. The molecule has 2 amide bonds. The van der Waals surface area contributed by atoms with Gasteiger partial charge >= 0.3 is 0 Å². The topological polar surface area (TPSA) is 85.9 Å². The molecule has 2 N–H and O–H groups in total. The lowest BCUT2D eigenvalue weighted by Crippen LogP contribution is -2.32. The molecule has 1 aromatic rings. The largest absolute Gasteiger partial charge is 0.482 e. The molecule has 0 atom stereocenters. The maximum atomic E-state index is 12.3. The van der Waals surface area contributed by atoms with Crippen LogP contribution in [0.4, 0.5) is 5.69 Å². The van der Waals surface area contributed by atoms with Crippen LogP contribution in [-0.4, -0.2) is 44.5 Å². The van der Waals surface area contributed by atoms with E-state index in [1.54, 1.807) is 18.2 Å². The fraction of sp³-hybridized carbons (Fsp3) is 0.556. The number of rotatable bonds is 6. The van der Waals surface area contributed by atoms with Gasteiger partial charge in [0.1, 0.15) is 5.75 Å². The van der Waals surface area contributed by atoms with Gasteiger partial charge in [0.05, 0.1) is 18.9 Å². The third kappa shape index (κ3) is 4.29. The van der Waals surface area contributed by atoms with Crippen molar-refractivity contribution in [1.82, 2.24) is 5.32 Å². The molecule has 0 bridgehead atoms. The van der Waals surface area contributed by atoms with Crippen molar-refractivity contribution < 1.29 is 23.8 Å². The van der Waals surface area contributed by atoms with Gasteiger partial charge in [0.15, 0.2) is 12.9 Å². The predicted molar refractivity (Wildman–Crippen MR) is 91.6 cm³/mol. The zero-order valence-corrected chi connectivity index (χ0v) is 14.6. The number of nitrogens with one attached hydrogen (secondary N) is 2. The summed E-state index contributed by atoms with van der Waals surface area (Å²) in [5, 5.41) is 5.62. The molecule has 2 heterocycles. The van der Waals surface area contributed by atoms with Crippen molar-refractivity contribution in [2.24, 2.45) is 5.41 Å². The van der Waals surface area contributed by atoms with Crippen LogP contribution in [0.1, 0.15) is 37.0 Å². The molecule has 0 aromatic heterocycles.